The van der Waals surface area contributed by atoms with Gasteiger partial charge in [0.05, 0.1) is 0 Å². The van der Waals surface area contributed by atoms with Crippen molar-refractivity contribution in [2.75, 3.05) is 5.32 Å². The van der Waals surface area contributed by atoms with Gasteiger partial charge in [-0.2, -0.15) is 0 Å². The number of anilines is 1. The Morgan fingerprint density at radius 1 is 1.18 bits per heavy atom. The topological polar surface area (TPSA) is 12.0 Å². The molecule has 0 saturated heterocycles. The molecule has 2 aromatic carbocycles. The molecule has 1 N–H and O–H groups in total. The van der Waals surface area contributed by atoms with Crippen molar-refractivity contribution in [3.05, 3.63) is 55.1 Å². The van der Waals surface area contributed by atoms with E-state index in [9.17, 15) is 0 Å². The highest BCUT2D eigenvalue weighted by molar-refractivity contribution is 5.85. The molecule has 0 spiro atoms. The fourth-order valence-electron chi connectivity index (χ4n) is 2.00. The molecule has 88 valence electrons. The highest BCUT2D eigenvalue weighted by atomic mass is 14.9. The predicted octanol–water partition coefficient (Wildman–Crippen LogP) is 4.61. The Balaban J connectivity index is 2.11. The molecule has 2 rings (SSSR count). The highest BCUT2D eigenvalue weighted by Gasteiger charge is 2.01. The largest absolute Gasteiger partial charge is 0.383 e. The summed E-state index contributed by atoms with van der Waals surface area (Å²) in [6.45, 7) is 5.96. The average Bonchev–Trinajstić information content (AvgIpc) is 2.36. The van der Waals surface area contributed by atoms with Gasteiger partial charge in [-0.25, -0.2) is 0 Å². The Morgan fingerprint density at radius 3 is 2.71 bits per heavy atom. The molecule has 2 aromatic rings. The molecular weight excluding hydrogens is 206 g/mol. The molecule has 1 nitrogen and oxygen atoms in total. The number of hydrogen-bond donors (Lipinski definition) is 1. The predicted molar refractivity (Wildman–Crippen MR) is 76.5 cm³/mol. The third kappa shape index (κ3) is 3.10. The molecular formula is C16H19N. The van der Waals surface area contributed by atoms with Crippen LogP contribution in [0.25, 0.3) is 10.8 Å². The standard InChI is InChI=1S/C16H19N/c1-3-4-7-13(2)17-16-11-10-14-8-5-6-9-15(14)12-16/h3,5-6,8-13,17H,1,4,7H2,2H3. The van der Waals surface area contributed by atoms with Gasteiger partial charge >= 0.3 is 0 Å². The van der Waals surface area contributed by atoms with Crippen molar-refractivity contribution >= 4 is 16.5 Å². The monoisotopic (exact) mass is 225 g/mol. The van der Waals surface area contributed by atoms with Gasteiger partial charge < -0.3 is 5.32 Å². The molecule has 0 aliphatic heterocycles. The Kier molecular flexibility index (Phi) is 3.81. The van der Waals surface area contributed by atoms with Crippen molar-refractivity contribution in [1.29, 1.82) is 0 Å². The van der Waals surface area contributed by atoms with Crippen LogP contribution in [0.1, 0.15) is 19.8 Å². The molecule has 0 bridgehead atoms. The Hall–Kier alpha value is -1.76. The summed E-state index contributed by atoms with van der Waals surface area (Å²) in [4.78, 5) is 0. The minimum absolute atomic E-state index is 0.481. The van der Waals surface area contributed by atoms with Crippen molar-refractivity contribution in [3.8, 4) is 0 Å². The van der Waals surface area contributed by atoms with Crippen LogP contribution in [0.3, 0.4) is 0 Å². The van der Waals surface area contributed by atoms with Crippen LogP contribution in [0, 0.1) is 0 Å². The van der Waals surface area contributed by atoms with E-state index in [4.69, 9.17) is 0 Å². The molecule has 0 aromatic heterocycles. The third-order valence-electron chi connectivity index (χ3n) is 2.97. The second-order valence-electron chi connectivity index (χ2n) is 4.47. The number of fused-ring (bicyclic) bond motifs is 1. The lowest BCUT2D eigenvalue weighted by Gasteiger charge is -2.14. The first kappa shape index (κ1) is 11.7. The second-order valence-corrected chi connectivity index (χ2v) is 4.47. The van der Waals surface area contributed by atoms with Crippen LogP contribution in [0.15, 0.2) is 55.1 Å². The van der Waals surface area contributed by atoms with Gasteiger partial charge in [-0.1, -0.05) is 36.4 Å². The summed E-state index contributed by atoms with van der Waals surface area (Å²) in [7, 11) is 0. The van der Waals surface area contributed by atoms with Crippen LogP contribution in [-0.4, -0.2) is 6.04 Å². The molecule has 0 saturated carbocycles. The number of rotatable bonds is 5. The normalized spacial score (nSPS) is 12.3. The fraction of sp³-hybridized carbons (Fsp3) is 0.250. The van der Waals surface area contributed by atoms with Gasteiger partial charge in [0.15, 0.2) is 0 Å². The van der Waals surface area contributed by atoms with Crippen LogP contribution in [-0.2, 0) is 0 Å². The maximum Gasteiger partial charge on any atom is 0.0348 e. The highest BCUT2D eigenvalue weighted by Crippen LogP contribution is 2.19. The molecule has 1 atom stereocenters. The van der Waals surface area contributed by atoms with Crippen LogP contribution in [0.2, 0.25) is 0 Å². The lowest BCUT2D eigenvalue weighted by Crippen LogP contribution is -2.14. The lowest BCUT2D eigenvalue weighted by molar-refractivity contribution is 0.719. The SMILES string of the molecule is C=CCCC(C)Nc1ccc2ccccc2c1. The first-order chi connectivity index (χ1) is 8.29. The number of allylic oxidation sites excluding steroid dienone is 1. The van der Waals surface area contributed by atoms with Gasteiger partial charge in [0.1, 0.15) is 0 Å². The summed E-state index contributed by atoms with van der Waals surface area (Å²) < 4.78 is 0. The van der Waals surface area contributed by atoms with E-state index in [1.165, 1.54) is 16.5 Å². The minimum atomic E-state index is 0.481. The number of hydrogen-bond acceptors (Lipinski definition) is 1. The molecule has 1 unspecified atom stereocenters. The van der Waals surface area contributed by atoms with Crippen molar-refractivity contribution in [2.24, 2.45) is 0 Å². The van der Waals surface area contributed by atoms with E-state index < -0.39 is 0 Å². The summed E-state index contributed by atoms with van der Waals surface area (Å²) in [5.74, 6) is 0. The van der Waals surface area contributed by atoms with Crippen molar-refractivity contribution in [3.63, 3.8) is 0 Å². The van der Waals surface area contributed by atoms with E-state index >= 15 is 0 Å². The van der Waals surface area contributed by atoms with Gasteiger partial charge in [0, 0.05) is 11.7 Å². The molecule has 1 heteroatoms. The van der Waals surface area contributed by atoms with Gasteiger partial charge in [-0.15, -0.1) is 6.58 Å². The van der Waals surface area contributed by atoms with E-state index in [1.54, 1.807) is 0 Å². The van der Waals surface area contributed by atoms with Crippen LogP contribution < -0.4 is 5.32 Å². The molecule has 0 radical (unpaired) electrons. The molecule has 0 amide bonds. The zero-order chi connectivity index (χ0) is 12.1. The zero-order valence-electron chi connectivity index (χ0n) is 10.3. The second kappa shape index (κ2) is 5.53. The first-order valence-electron chi connectivity index (χ1n) is 6.16. The summed E-state index contributed by atoms with van der Waals surface area (Å²) in [6.07, 6.45) is 4.15. The summed E-state index contributed by atoms with van der Waals surface area (Å²) in [6, 6.07) is 15.4. The van der Waals surface area contributed by atoms with E-state index in [0.717, 1.165) is 12.8 Å². The van der Waals surface area contributed by atoms with Crippen molar-refractivity contribution in [1.82, 2.24) is 0 Å². The van der Waals surface area contributed by atoms with E-state index in [0.29, 0.717) is 6.04 Å². The van der Waals surface area contributed by atoms with Crippen LogP contribution in [0.5, 0.6) is 0 Å². The molecule has 17 heavy (non-hydrogen) atoms. The fourth-order valence-corrected chi connectivity index (χ4v) is 2.00. The lowest BCUT2D eigenvalue weighted by atomic mass is 10.1. The van der Waals surface area contributed by atoms with Gasteiger partial charge in [-0.05, 0) is 42.7 Å². The van der Waals surface area contributed by atoms with Gasteiger partial charge in [0.2, 0.25) is 0 Å². The first-order valence-corrected chi connectivity index (χ1v) is 6.16. The minimum Gasteiger partial charge on any atom is -0.383 e. The van der Waals surface area contributed by atoms with Crippen molar-refractivity contribution in [2.45, 2.75) is 25.8 Å². The maximum atomic E-state index is 3.75. The quantitative estimate of drug-likeness (QED) is 0.733. The van der Waals surface area contributed by atoms with E-state index in [-0.39, 0.29) is 0 Å². The molecule has 0 heterocycles. The Labute approximate surface area is 103 Å². The van der Waals surface area contributed by atoms with E-state index in [2.05, 4.69) is 61.3 Å². The maximum absolute atomic E-state index is 3.75. The number of nitrogens with one attached hydrogen (secondary N) is 1. The summed E-state index contributed by atoms with van der Waals surface area (Å²) >= 11 is 0. The van der Waals surface area contributed by atoms with Gasteiger partial charge in [-0.3, -0.25) is 0 Å². The smallest absolute Gasteiger partial charge is 0.0348 e. The summed E-state index contributed by atoms with van der Waals surface area (Å²) in [5, 5.41) is 6.10. The van der Waals surface area contributed by atoms with Crippen LogP contribution >= 0.6 is 0 Å². The van der Waals surface area contributed by atoms with Crippen LogP contribution in [0.4, 0.5) is 5.69 Å². The number of benzene rings is 2. The zero-order valence-corrected chi connectivity index (χ0v) is 10.3. The molecule has 0 aliphatic rings. The molecule has 0 fully saturated rings. The van der Waals surface area contributed by atoms with Gasteiger partial charge in [0.25, 0.3) is 0 Å². The van der Waals surface area contributed by atoms with Crippen molar-refractivity contribution < 1.29 is 0 Å². The Morgan fingerprint density at radius 2 is 1.94 bits per heavy atom. The molecule has 0 aliphatic carbocycles. The third-order valence-corrected chi connectivity index (χ3v) is 2.97. The average molecular weight is 225 g/mol. The summed E-state index contributed by atoms with van der Waals surface area (Å²) in [5.41, 5.74) is 1.19. The Bertz CT molecular complexity index is 502. The van der Waals surface area contributed by atoms with E-state index in [1.807, 2.05) is 6.08 Å².